The van der Waals surface area contributed by atoms with Crippen LogP contribution in [-0.4, -0.2) is 39.0 Å². The van der Waals surface area contributed by atoms with Crippen LogP contribution >= 0.6 is 11.6 Å². The molecule has 0 bridgehead atoms. The Balaban J connectivity index is 1.88. The van der Waals surface area contributed by atoms with E-state index >= 15 is 0 Å². The minimum Gasteiger partial charge on any atom is -0.337 e. The summed E-state index contributed by atoms with van der Waals surface area (Å²) in [7, 11) is -3.11. The van der Waals surface area contributed by atoms with E-state index in [0.717, 1.165) is 24.7 Å². The van der Waals surface area contributed by atoms with E-state index < -0.39 is 15.9 Å². The van der Waals surface area contributed by atoms with Gasteiger partial charge in [0.05, 0.1) is 5.75 Å². The van der Waals surface area contributed by atoms with E-state index in [9.17, 15) is 13.2 Å². The lowest BCUT2D eigenvalue weighted by Gasteiger charge is -2.19. The molecule has 2 rings (SSSR count). The van der Waals surface area contributed by atoms with Crippen LogP contribution in [0.2, 0.25) is 5.02 Å². The molecular formula is C15H21ClN2O3S. The molecule has 2 N–H and O–H groups in total. The zero-order valence-corrected chi connectivity index (χ0v) is 14.3. The van der Waals surface area contributed by atoms with Crippen LogP contribution < -0.4 is 10.6 Å². The Morgan fingerprint density at radius 2 is 2.00 bits per heavy atom. The van der Waals surface area contributed by atoms with Crippen LogP contribution in [0.25, 0.3) is 0 Å². The molecule has 5 nitrogen and oxygen atoms in total. The predicted octanol–water partition coefficient (Wildman–Crippen LogP) is 2.10. The Morgan fingerprint density at radius 1 is 1.36 bits per heavy atom. The molecule has 1 aliphatic rings. The highest BCUT2D eigenvalue weighted by atomic mass is 35.5. The van der Waals surface area contributed by atoms with E-state index in [2.05, 4.69) is 10.6 Å². The molecule has 1 aliphatic carbocycles. The van der Waals surface area contributed by atoms with Gasteiger partial charge in [-0.3, -0.25) is 0 Å². The Bertz CT molecular complexity index is 657. The van der Waals surface area contributed by atoms with Gasteiger partial charge in [0.2, 0.25) is 0 Å². The van der Waals surface area contributed by atoms with E-state index in [4.69, 9.17) is 11.6 Å². The van der Waals surface area contributed by atoms with Crippen LogP contribution in [0.3, 0.4) is 0 Å². The van der Waals surface area contributed by atoms with E-state index in [1.807, 2.05) is 24.3 Å². The molecule has 1 unspecified atom stereocenters. The summed E-state index contributed by atoms with van der Waals surface area (Å²) in [6.07, 6.45) is 3.12. The van der Waals surface area contributed by atoms with Gasteiger partial charge in [-0.25, -0.2) is 13.2 Å². The Morgan fingerprint density at radius 3 is 2.55 bits per heavy atom. The third-order valence-electron chi connectivity index (χ3n) is 3.82. The summed E-state index contributed by atoms with van der Waals surface area (Å²) in [4.78, 5) is 11.9. The van der Waals surface area contributed by atoms with Gasteiger partial charge >= 0.3 is 6.03 Å². The van der Waals surface area contributed by atoms with Gasteiger partial charge in [0.15, 0.2) is 0 Å². The maximum atomic E-state index is 11.9. The van der Waals surface area contributed by atoms with Gasteiger partial charge in [-0.15, -0.1) is 0 Å². The highest BCUT2D eigenvalue weighted by molar-refractivity contribution is 7.90. The Hall–Kier alpha value is -1.27. The smallest absolute Gasteiger partial charge is 0.315 e. The zero-order valence-electron chi connectivity index (χ0n) is 12.7. The predicted molar refractivity (Wildman–Crippen MR) is 88.1 cm³/mol. The number of sulfone groups is 1. The number of amides is 2. The maximum absolute atomic E-state index is 11.9. The summed E-state index contributed by atoms with van der Waals surface area (Å²) in [6, 6.07) is 6.89. The Kier molecular flexibility index (Phi) is 5.02. The van der Waals surface area contributed by atoms with Crippen LogP contribution in [0, 0.1) is 0 Å². The third-order valence-corrected chi connectivity index (χ3v) is 5.25. The average Bonchev–Trinajstić information content (AvgIpc) is 3.15. The molecule has 1 atom stereocenters. The molecule has 22 heavy (non-hydrogen) atoms. The summed E-state index contributed by atoms with van der Waals surface area (Å²) in [5, 5.41) is 6.18. The SMILES string of the molecule is CC(CS(C)(=O)=O)NC(=O)NCC1(c2ccccc2Cl)CC1. The van der Waals surface area contributed by atoms with E-state index in [1.165, 1.54) is 0 Å². The Labute approximate surface area is 136 Å². The number of carbonyl (C=O) groups excluding carboxylic acids is 1. The molecule has 1 fully saturated rings. The van der Waals surface area contributed by atoms with Crippen molar-refractivity contribution in [2.75, 3.05) is 18.6 Å². The first kappa shape index (κ1) is 17.1. The van der Waals surface area contributed by atoms with Crippen LogP contribution in [-0.2, 0) is 15.3 Å². The summed E-state index contributed by atoms with van der Waals surface area (Å²) < 4.78 is 22.4. The standard InChI is InChI=1S/C15H21ClN2O3S/c1-11(9-22(2,20)21)18-14(19)17-10-15(7-8-15)12-5-3-4-6-13(12)16/h3-6,11H,7-10H2,1-2H3,(H2,17,18,19). The van der Waals surface area contributed by atoms with Crippen molar-refractivity contribution in [1.82, 2.24) is 10.6 Å². The van der Waals surface area contributed by atoms with Crippen LogP contribution in [0.5, 0.6) is 0 Å². The second-order valence-corrected chi connectivity index (χ2v) is 8.67. The second kappa shape index (κ2) is 6.46. The monoisotopic (exact) mass is 344 g/mol. The molecule has 0 aliphatic heterocycles. The fraction of sp³-hybridized carbons (Fsp3) is 0.533. The summed E-state index contributed by atoms with van der Waals surface area (Å²) in [5.74, 6) is -0.0733. The normalized spacial score (nSPS) is 17.6. The summed E-state index contributed by atoms with van der Waals surface area (Å²) >= 11 is 6.23. The van der Waals surface area contributed by atoms with Crippen LogP contribution in [0.1, 0.15) is 25.3 Å². The lowest BCUT2D eigenvalue weighted by Crippen LogP contribution is -2.45. The molecule has 1 saturated carbocycles. The largest absolute Gasteiger partial charge is 0.337 e. The van der Waals surface area contributed by atoms with Crippen molar-refractivity contribution in [3.05, 3.63) is 34.9 Å². The van der Waals surface area contributed by atoms with Crippen molar-refractivity contribution in [1.29, 1.82) is 0 Å². The number of rotatable bonds is 6. The quantitative estimate of drug-likeness (QED) is 0.829. The third kappa shape index (κ3) is 4.61. The summed E-state index contributed by atoms with van der Waals surface area (Å²) in [5.41, 5.74) is 0.969. The minimum absolute atomic E-state index is 0.0733. The molecule has 0 radical (unpaired) electrons. The number of nitrogens with one attached hydrogen (secondary N) is 2. The molecule has 7 heteroatoms. The molecule has 0 aromatic heterocycles. The number of halogens is 1. The van der Waals surface area contributed by atoms with Crippen molar-refractivity contribution in [3.63, 3.8) is 0 Å². The highest BCUT2D eigenvalue weighted by Gasteiger charge is 2.45. The number of hydrogen-bond acceptors (Lipinski definition) is 3. The van der Waals surface area contributed by atoms with Gasteiger partial charge in [-0.2, -0.15) is 0 Å². The van der Waals surface area contributed by atoms with Crippen molar-refractivity contribution >= 4 is 27.5 Å². The first-order valence-electron chi connectivity index (χ1n) is 7.19. The van der Waals surface area contributed by atoms with Gasteiger partial charge in [0.1, 0.15) is 9.84 Å². The zero-order chi connectivity index (χ0) is 16.4. The molecule has 1 aromatic carbocycles. The number of hydrogen-bond donors (Lipinski definition) is 2. The molecule has 0 saturated heterocycles. The first-order valence-corrected chi connectivity index (χ1v) is 9.63. The highest BCUT2D eigenvalue weighted by Crippen LogP contribution is 2.49. The topological polar surface area (TPSA) is 75.3 Å². The van der Waals surface area contributed by atoms with Crippen molar-refractivity contribution < 1.29 is 13.2 Å². The van der Waals surface area contributed by atoms with Gasteiger partial charge in [-0.05, 0) is 31.4 Å². The summed E-state index contributed by atoms with van der Waals surface area (Å²) in [6.45, 7) is 2.16. The van der Waals surface area contributed by atoms with E-state index in [1.54, 1.807) is 6.92 Å². The molecule has 0 heterocycles. The number of benzene rings is 1. The maximum Gasteiger partial charge on any atom is 0.315 e. The first-order chi connectivity index (χ1) is 10.2. The van der Waals surface area contributed by atoms with Crippen LogP contribution in [0.15, 0.2) is 24.3 Å². The number of urea groups is 1. The fourth-order valence-corrected chi connectivity index (χ4v) is 3.93. The molecule has 1 aromatic rings. The fourth-order valence-electron chi connectivity index (χ4n) is 2.60. The van der Waals surface area contributed by atoms with Gasteiger partial charge in [0, 0.05) is 29.3 Å². The second-order valence-electron chi connectivity index (χ2n) is 6.08. The number of carbonyl (C=O) groups is 1. The van der Waals surface area contributed by atoms with Gasteiger partial charge in [0.25, 0.3) is 0 Å². The minimum atomic E-state index is -3.11. The van der Waals surface area contributed by atoms with E-state index in [0.29, 0.717) is 11.6 Å². The van der Waals surface area contributed by atoms with Gasteiger partial charge in [-0.1, -0.05) is 29.8 Å². The van der Waals surface area contributed by atoms with Crippen molar-refractivity contribution in [2.24, 2.45) is 0 Å². The lowest BCUT2D eigenvalue weighted by molar-refractivity contribution is 0.237. The lowest BCUT2D eigenvalue weighted by atomic mass is 9.96. The van der Waals surface area contributed by atoms with Crippen LogP contribution in [0.4, 0.5) is 4.79 Å². The van der Waals surface area contributed by atoms with Crippen molar-refractivity contribution in [3.8, 4) is 0 Å². The molecule has 0 spiro atoms. The molecule has 122 valence electrons. The van der Waals surface area contributed by atoms with Gasteiger partial charge < -0.3 is 10.6 Å². The molecular weight excluding hydrogens is 324 g/mol. The average molecular weight is 345 g/mol. The van der Waals surface area contributed by atoms with Crippen molar-refractivity contribution in [2.45, 2.75) is 31.2 Å². The molecule has 2 amide bonds. The van der Waals surface area contributed by atoms with E-state index in [-0.39, 0.29) is 17.2 Å².